The molecule has 28 nitrogen and oxygen atoms in total. The summed E-state index contributed by atoms with van der Waals surface area (Å²) in [4.78, 5) is 63.5. The molecule has 94 heavy (non-hydrogen) atoms. The summed E-state index contributed by atoms with van der Waals surface area (Å²) < 4.78 is 104. The van der Waals surface area contributed by atoms with Crippen molar-refractivity contribution in [1.29, 1.82) is 0 Å². The summed E-state index contributed by atoms with van der Waals surface area (Å²) in [7, 11) is 1.71. The van der Waals surface area contributed by atoms with Crippen molar-refractivity contribution in [3.63, 3.8) is 0 Å². The zero-order valence-corrected chi connectivity index (χ0v) is 58.7. The van der Waals surface area contributed by atoms with Gasteiger partial charge in [-0.3, -0.25) is 4.79 Å². The molecule has 2 N–H and O–H groups in total. The van der Waals surface area contributed by atoms with Crippen molar-refractivity contribution in [2.45, 2.75) is 291 Å². The van der Waals surface area contributed by atoms with E-state index in [9.17, 15) is 29.1 Å². The Balaban J connectivity index is 0.000000415. The van der Waals surface area contributed by atoms with E-state index in [4.69, 9.17) is 84.6 Å². The average Bonchev–Trinajstić information content (AvgIpc) is 1.56. The van der Waals surface area contributed by atoms with E-state index in [2.05, 4.69) is 86.4 Å². The average molecular weight is 1410 g/mol. The number of likely N-dealkylation sites (N-methyl/N-ethyl adjacent to an activating group) is 3. The van der Waals surface area contributed by atoms with Crippen molar-refractivity contribution < 1.29 is 114 Å². The molecule has 31 heteroatoms. The van der Waals surface area contributed by atoms with E-state index in [-0.39, 0.29) is 130 Å². The van der Waals surface area contributed by atoms with E-state index >= 15 is 0 Å². The van der Waals surface area contributed by atoms with Crippen molar-refractivity contribution >= 4 is 55.4 Å². The molecule has 12 aliphatic heterocycles. The van der Waals surface area contributed by atoms with Crippen LogP contribution < -0.4 is 5.32 Å². The Morgan fingerprint density at radius 1 is 0.479 bits per heavy atom. The molecule has 0 aromatic rings. The molecule has 12 heterocycles. The Morgan fingerprint density at radius 2 is 0.830 bits per heavy atom. The Morgan fingerprint density at radius 3 is 1.24 bits per heavy atom. The second kappa shape index (κ2) is 30.1. The summed E-state index contributed by atoms with van der Waals surface area (Å²) in [6, 6.07) is -1.08. The highest BCUT2D eigenvalue weighted by molar-refractivity contribution is 7.35. The number of rotatable bonds is 4. The monoisotopic (exact) mass is 1410 g/mol. The van der Waals surface area contributed by atoms with Crippen molar-refractivity contribution in [1.82, 2.24) is 20.0 Å². The molecule has 0 saturated carbocycles. The fourth-order valence-electron chi connectivity index (χ4n) is 11.4. The van der Waals surface area contributed by atoms with E-state index in [1.54, 1.807) is 53.7 Å². The summed E-state index contributed by atoms with van der Waals surface area (Å²) in [5.74, 6) is -8.39. The molecule has 552 valence electrons. The van der Waals surface area contributed by atoms with Gasteiger partial charge in [-0.05, 0) is 105 Å². The van der Waals surface area contributed by atoms with Crippen LogP contribution in [0.2, 0.25) is 36.3 Å². The number of aliphatic hydroxyl groups excluding tert-OH is 1. The maximum Gasteiger partial charge on any atom is 0.410 e. The van der Waals surface area contributed by atoms with Crippen LogP contribution in [0.25, 0.3) is 0 Å². The van der Waals surface area contributed by atoms with Crippen LogP contribution in [0.3, 0.4) is 0 Å². The third-order valence-corrected chi connectivity index (χ3v) is 27.5. The Bertz CT molecular complexity index is 2610. The number of hydrogen-bond donors (Lipinski definition) is 2. The molecule has 12 rings (SSSR count). The topological polar surface area (TPSA) is 293 Å². The van der Waals surface area contributed by atoms with Crippen LogP contribution in [0.4, 0.5) is 19.2 Å². The zero-order valence-electron chi connectivity index (χ0n) is 55.7. The number of hydrogen-bond acceptors (Lipinski definition) is 24. The quantitative estimate of drug-likeness (QED) is 0.150. The van der Waals surface area contributed by atoms with Gasteiger partial charge in [-0.2, -0.15) is 0 Å². The first kappa shape index (κ1) is 87.1. The molecule has 4 unspecified atom stereocenters. The SMILES string of the molecule is C.C.C.C.C.C.CC1(C)OC[C@]2(OC[C@H]3NC(=O)OC3[C@@H]2O[Si](C)(C)C(C)(C)C)O1.CN1C(=O)OC2C(=O)[C@@]3(COC(C)(C)O3)OC[C@H]21.CN1C(=O)OC2[C@H]1CO[C@]1(COC(C)(C)O1)[C@H]2O.CN1C(=O)OC2[C@H]1CO[C@]1(COC(C)(C)O1)[C@H]2O[Si](C)(C)C(C)(C)C.CPC. The lowest BCUT2D eigenvalue weighted by Gasteiger charge is -2.49. The summed E-state index contributed by atoms with van der Waals surface area (Å²) in [6.07, 6.45) is -6.24. The first-order chi connectivity index (χ1) is 40.2. The molecule has 0 radical (unpaired) electrons. The summed E-state index contributed by atoms with van der Waals surface area (Å²) in [6.45, 7) is 42.1. The van der Waals surface area contributed by atoms with Gasteiger partial charge in [0.15, 0.2) is 64.2 Å². The van der Waals surface area contributed by atoms with Gasteiger partial charge in [-0.1, -0.05) is 86.1 Å². The van der Waals surface area contributed by atoms with Gasteiger partial charge in [0.1, 0.15) is 50.8 Å². The third-order valence-electron chi connectivity index (χ3n) is 18.6. The predicted octanol–water partition coefficient (Wildman–Crippen LogP) is 9.37. The van der Waals surface area contributed by atoms with Crippen LogP contribution in [0.15, 0.2) is 0 Å². The number of ketones is 1. The molecule has 0 aliphatic carbocycles. The van der Waals surface area contributed by atoms with Crippen LogP contribution in [0, 0.1) is 0 Å². The zero-order chi connectivity index (χ0) is 65.8. The number of ether oxygens (including phenoxy) is 16. The van der Waals surface area contributed by atoms with Gasteiger partial charge in [-0.15, -0.1) is 8.58 Å². The molecule has 0 aromatic carbocycles. The van der Waals surface area contributed by atoms with E-state index in [0.717, 1.165) is 8.58 Å². The number of amides is 4. The van der Waals surface area contributed by atoms with Gasteiger partial charge < -0.3 is 110 Å². The smallest absolute Gasteiger partial charge is 0.410 e. The number of fused-ring (bicyclic) bond motifs is 4. The Labute approximate surface area is 565 Å². The highest BCUT2D eigenvalue weighted by atomic mass is 31.1. The van der Waals surface area contributed by atoms with Crippen LogP contribution in [0.1, 0.15) is 141 Å². The second-order valence-corrected chi connectivity index (χ2v) is 39.7. The Hall–Kier alpha value is -2.99. The van der Waals surface area contributed by atoms with Gasteiger partial charge in [0, 0.05) is 21.1 Å². The second-order valence-electron chi connectivity index (χ2n) is 29.2. The molecule has 12 saturated heterocycles. The number of carbonyl (C=O) groups is 5. The van der Waals surface area contributed by atoms with Gasteiger partial charge in [-0.25, -0.2) is 19.2 Å². The van der Waals surface area contributed by atoms with E-state index in [0.29, 0.717) is 13.2 Å². The standard InChI is InChI=1S/C17H31NO6Si.C16H29NO6Si.C11H17NO6.C11H15NO6.C2H7P.6CH4/c1-15(2,3)25(7,8)23-13-12-11(18(6)14(19)22-12)9-20-17(13)10-21-16(4,5)24-17;1-14(2,3)24(6,7)22-12-11-10(17-13(18)21-11)8-19-16(12)9-20-15(4,5)23-16;2*1-10(2)16-5-11(18-10)8(13)7-6(4-15-11)12(3)9(14)17-7;1-3-2;;;;;;/h11-13H,9-10H2,1-8H3;10-12H,8-9H2,1-7H3,(H,17,18);6-8,13H,4-5H2,1-3H3;6-7H,4-5H2,1-3H3;3H,1-2H3;6*1H4/t11-,12?,13+,17+;10-,11?,12+,16+;6-,7?,8+,11+;6-,7?,11+;;;;;;;/m1111......./s1. The molecule has 0 aromatic heterocycles. The fraction of sp³-hybridized carbons (Fsp3) is 0.921. The van der Waals surface area contributed by atoms with E-state index in [1.807, 2.05) is 27.7 Å². The van der Waals surface area contributed by atoms with Crippen molar-refractivity contribution in [2.75, 3.05) is 87.3 Å². The van der Waals surface area contributed by atoms with E-state index < -0.39 is 124 Å². The molecule has 12 fully saturated rings. The number of carbonyl (C=O) groups excluding carboxylic acids is 5. The predicted molar refractivity (Wildman–Crippen MR) is 358 cm³/mol. The summed E-state index contributed by atoms with van der Waals surface area (Å²) >= 11 is 0. The largest absolute Gasteiger partial charge is 0.441 e. The lowest BCUT2D eigenvalue weighted by molar-refractivity contribution is -0.322. The van der Waals surface area contributed by atoms with Crippen LogP contribution in [0.5, 0.6) is 0 Å². The molecule has 4 spiro atoms. The highest BCUT2D eigenvalue weighted by Crippen LogP contribution is 2.50. The van der Waals surface area contributed by atoms with Crippen molar-refractivity contribution in [3.05, 3.63) is 0 Å². The number of aliphatic hydroxyl groups is 1. The number of Topliss-reactive ketones (excluding diaryl/α,β-unsaturated/α-hetero) is 1. The maximum absolute atomic E-state index is 12.4. The summed E-state index contributed by atoms with van der Waals surface area (Å²) in [5, 5.41) is 13.2. The van der Waals surface area contributed by atoms with Crippen LogP contribution in [-0.4, -0.2) is 267 Å². The maximum atomic E-state index is 12.4. The molecule has 0 bridgehead atoms. The lowest BCUT2D eigenvalue weighted by Crippen LogP contribution is -2.66. The minimum absolute atomic E-state index is 0. The van der Waals surface area contributed by atoms with Gasteiger partial charge in [0.25, 0.3) is 5.79 Å². The lowest BCUT2D eigenvalue weighted by atomic mass is 9.95. The molecule has 12 aliphatic rings. The Kier molecular flexibility index (Phi) is 27.9. The minimum atomic E-state index is -2.16. The first-order valence-corrected chi connectivity index (χ1v) is 37.9. The normalized spacial score (nSPS) is 37.2. The number of alkyl carbamates (subject to hydrolysis) is 1. The molecule has 4 amide bonds. The third kappa shape index (κ3) is 17.1. The van der Waals surface area contributed by atoms with Crippen molar-refractivity contribution in [3.8, 4) is 0 Å². The van der Waals surface area contributed by atoms with Crippen LogP contribution >= 0.6 is 8.58 Å². The summed E-state index contributed by atoms with van der Waals surface area (Å²) in [5.41, 5.74) is 0. The fourth-order valence-corrected chi connectivity index (χ4v) is 14.0. The molecular formula is C63H123N4O24PSi2. The number of nitrogens with one attached hydrogen (secondary N) is 1. The van der Waals surface area contributed by atoms with E-state index in [1.165, 1.54) is 9.80 Å². The highest BCUT2D eigenvalue weighted by Gasteiger charge is 2.68. The van der Waals surface area contributed by atoms with Crippen LogP contribution in [-0.2, 0) is 89.4 Å². The number of nitrogens with zero attached hydrogens (tertiary/aromatic N) is 3. The molecular weight excluding hydrogens is 1280 g/mol. The minimum Gasteiger partial charge on any atom is -0.441 e. The van der Waals surface area contributed by atoms with Gasteiger partial charge >= 0.3 is 24.4 Å². The van der Waals surface area contributed by atoms with Gasteiger partial charge in [0.2, 0.25) is 23.1 Å². The van der Waals surface area contributed by atoms with Gasteiger partial charge in [0.05, 0.1) is 44.6 Å². The molecule has 15 atom stereocenters. The van der Waals surface area contributed by atoms with Crippen molar-refractivity contribution in [2.24, 2.45) is 0 Å². The first-order valence-electron chi connectivity index (χ1n) is 30.1.